The number of primary amides is 2. The summed E-state index contributed by atoms with van der Waals surface area (Å²) in [6, 6.07) is -0.125. The highest BCUT2D eigenvalue weighted by Gasteiger charge is 2.44. The van der Waals surface area contributed by atoms with Gasteiger partial charge in [-0.2, -0.15) is 4.98 Å². The molecule has 0 aliphatic heterocycles. The van der Waals surface area contributed by atoms with E-state index in [0.717, 1.165) is 0 Å². The van der Waals surface area contributed by atoms with Gasteiger partial charge in [-0.1, -0.05) is 6.92 Å². The lowest BCUT2D eigenvalue weighted by molar-refractivity contribution is -0.148. The van der Waals surface area contributed by atoms with Crippen LogP contribution in [0.3, 0.4) is 0 Å². The normalized spacial score (nSPS) is 16.5. The first-order valence-corrected chi connectivity index (χ1v) is 32.5. The molecule has 0 radical (unpaired) electrons. The summed E-state index contributed by atoms with van der Waals surface area (Å²) < 4.78 is 0. The number of hydrogen-bond acceptors (Lipinski definition) is 36. The second-order valence-corrected chi connectivity index (χ2v) is 24.3. The summed E-state index contributed by atoms with van der Waals surface area (Å²) in [5.74, 6) is -27.3. The molecule has 610 valence electrons. The largest absolute Gasteiger partial charge is 0.481 e. The molecule has 0 saturated heterocycles. The molecule has 0 bridgehead atoms. The van der Waals surface area contributed by atoms with Crippen LogP contribution in [0.4, 0.5) is 11.6 Å². The highest BCUT2D eigenvalue weighted by Crippen LogP contribution is 2.24. The van der Waals surface area contributed by atoms with Crippen LogP contribution in [0.15, 0.2) is 35.3 Å². The lowest BCUT2D eigenvalue weighted by Gasteiger charge is -2.31. The molecule has 0 spiro atoms. The van der Waals surface area contributed by atoms with Crippen molar-refractivity contribution >= 4 is 105 Å². The molecule has 2 heterocycles. The number of carbonyl (C=O) groups is 14. The van der Waals surface area contributed by atoms with Crippen LogP contribution in [-0.4, -0.2) is 327 Å². The summed E-state index contributed by atoms with van der Waals surface area (Å²) in [6.07, 6.45) is -34.9. The number of carboxylic acids is 5. The summed E-state index contributed by atoms with van der Waals surface area (Å²) in [5.41, 5.74) is 16.6. The van der Waals surface area contributed by atoms with Gasteiger partial charge in [0.1, 0.15) is 66.4 Å². The minimum Gasteiger partial charge on any atom is -0.481 e. The van der Waals surface area contributed by atoms with Crippen LogP contribution >= 0.6 is 0 Å². The number of aromatic nitrogens is 4. The third-order valence-electron chi connectivity index (χ3n) is 16.0. The molecule has 0 saturated carbocycles. The van der Waals surface area contributed by atoms with Gasteiger partial charge in [-0.3, -0.25) is 72.1 Å². The topological polar surface area (TPSA) is 862 Å². The van der Waals surface area contributed by atoms with E-state index in [2.05, 4.69) is 30.6 Å². The number of rotatable bonds is 49. The number of aromatic amines is 1. The van der Waals surface area contributed by atoms with Crippen LogP contribution in [0, 0.1) is 23.7 Å². The molecule has 0 unspecified atom stereocenters. The fourth-order valence-corrected chi connectivity index (χ4v) is 9.66. The molecule has 0 aliphatic rings. The lowest BCUT2D eigenvalue weighted by atomic mass is 9.85. The van der Waals surface area contributed by atoms with Gasteiger partial charge in [0.2, 0.25) is 29.6 Å². The number of ketones is 4. The van der Waals surface area contributed by atoms with Gasteiger partial charge in [0.15, 0.2) is 22.7 Å². The molecular formula is C62H91N11O36. The number of nitrogens with two attached hydrogens (primary N) is 3. The zero-order valence-electron chi connectivity index (χ0n) is 57.8. The van der Waals surface area contributed by atoms with E-state index in [4.69, 9.17) is 37.6 Å². The number of carboxylic acid groups (broad SMARTS) is 5. The predicted molar refractivity (Wildman–Crippen MR) is 359 cm³/mol. The highest BCUT2D eigenvalue weighted by atomic mass is 16.4. The Labute approximate surface area is 614 Å². The van der Waals surface area contributed by atoms with Gasteiger partial charge >= 0.3 is 29.8 Å². The average Bonchev–Trinajstić information content (AvgIpc) is 0.818. The average molecular weight is 1570 g/mol. The Balaban J connectivity index is 0.00000106. The Morgan fingerprint density at radius 1 is 0.468 bits per heavy atom. The van der Waals surface area contributed by atoms with E-state index in [-0.39, 0.29) is 42.1 Å². The van der Waals surface area contributed by atoms with Crippen LogP contribution in [0.2, 0.25) is 0 Å². The van der Waals surface area contributed by atoms with E-state index in [1.54, 1.807) is 24.4 Å². The molecule has 1 aromatic carbocycles. The maximum Gasteiger partial charge on any atom is 0.326 e. The van der Waals surface area contributed by atoms with Crippen LogP contribution in [-0.2, 0) is 68.9 Å². The van der Waals surface area contributed by atoms with E-state index in [9.17, 15) is 159 Å². The van der Waals surface area contributed by atoms with Gasteiger partial charge in [-0.15, -0.1) is 0 Å². The molecule has 47 nitrogen and oxygen atoms in total. The number of carbonyl (C=O) groups excluding carboxylic acids is 9. The summed E-state index contributed by atoms with van der Waals surface area (Å²) in [4.78, 5) is 197. The molecule has 5 amide bonds. The van der Waals surface area contributed by atoms with Crippen LogP contribution in [0.25, 0.3) is 11.2 Å². The second-order valence-electron chi connectivity index (χ2n) is 24.3. The molecular weight excluding hydrogens is 1470 g/mol. The number of nitrogens with zero attached hydrogens (tertiary/aromatic N) is 3. The van der Waals surface area contributed by atoms with Crippen molar-refractivity contribution in [3.63, 3.8) is 0 Å². The Kier molecular flexibility index (Phi) is 42.2. The summed E-state index contributed by atoms with van der Waals surface area (Å²) in [6.45, 7) is -2.80. The Hall–Kier alpha value is -10.2. The fourth-order valence-electron chi connectivity index (χ4n) is 9.66. The number of Topliss-reactive ketones (excluding diaryl/α,β-unsaturated/α-hetero) is 4. The first-order chi connectivity index (χ1) is 50.8. The SMILES string of the molecule is CCC(=O)O.NC(=O)[C@@H](CC(=O)CC[C@H](NC(=O)c1ccc(NCc2cnc3nc(N)[nH]c(=O)c3n2)cc1)C(=O)O)[C@@H](O)[C@H](O)[C@H](O)CO.NC(=O)[C@@H](CC(=O)[C@H](CC(=O)O)NC(=O)[C@@H](CC(=O)[C@H](CC(=O)O)NC(=O)[C@@H](CC(=O)CCC(=O)O)[C@@H](O)[C@H](O)[C@H](O)CO)[C@@H](O)[C@H](O)[C@H](O)CO)[C@@H](O)[C@H](O)[C@H](O)CO. The standard InChI is InChI=1S/C33H53N3O24.C26H32N8O10.C3H6O2/c34-31(58)12(25(52)28(55)19(43)8-37)4-17(41)15(6-23(48)49)36-33(60)14(27(54)30(57)21(45)10-39)5-18(42)16(7-24(50)51)35-32(59)13(3-11(40)1-2-22(46)47)26(53)29(56)20(44)9-38;27-21(40)15(19(38)20(39)17(37)10-35)7-14(36)5-6-16(25(43)44)32-23(41)11-1-3-12(4-2-11)29-8-13-9-30-22-18(31-13)24(42)34-26(28)33-22;1-2-3(4)5/h12-16,19-21,25-30,37-39,43-45,52-57H,1-10H2,(H2,34,58)(H,35,59)(H,36,60)(H,46,47)(H,48,49)(H,50,51);1-4,9,15-17,19-20,29,35,37-39H,5-8,10H2,(H2,27,40)(H,32,41)(H,43,44)(H3,28,30,33,34,42);2H2,1H3,(H,4,5)/t12-,13-,14-,15-,16-,19+,20+,21+,25+,26+,27+,28+,29+,30+;15-,16-,17+,19+,20+;/m00./s1. The first-order valence-electron chi connectivity index (χ1n) is 32.5. The van der Waals surface area contributed by atoms with Crippen molar-refractivity contribution in [2.75, 3.05) is 37.5 Å². The van der Waals surface area contributed by atoms with Crippen molar-refractivity contribution < 1.29 is 174 Å². The van der Waals surface area contributed by atoms with Gasteiger partial charge in [0, 0.05) is 56.2 Å². The number of nitrogens with one attached hydrogen (secondary N) is 5. The van der Waals surface area contributed by atoms with Crippen molar-refractivity contribution in [1.82, 2.24) is 35.9 Å². The quantitative estimate of drug-likeness (QED) is 0.0250. The first kappa shape index (κ1) is 96.8. The van der Waals surface area contributed by atoms with Crippen molar-refractivity contribution in [2.24, 2.45) is 35.1 Å². The van der Waals surface area contributed by atoms with Crippen molar-refractivity contribution in [1.29, 1.82) is 0 Å². The molecule has 32 N–H and O–H groups in total. The smallest absolute Gasteiger partial charge is 0.326 e. The molecule has 109 heavy (non-hydrogen) atoms. The monoisotopic (exact) mass is 1570 g/mol. The number of aliphatic carboxylic acids is 5. The maximum absolute atomic E-state index is 13.6. The molecule has 3 aromatic rings. The number of anilines is 2. The van der Waals surface area contributed by atoms with Crippen LogP contribution in [0.1, 0.15) is 93.6 Å². The number of nitrogen functional groups attached to an aromatic ring is 1. The molecule has 3 rings (SSSR count). The van der Waals surface area contributed by atoms with Gasteiger partial charge in [0.05, 0.1) is 124 Å². The van der Waals surface area contributed by atoms with E-state index < -0.39 is 287 Å². The Morgan fingerprint density at radius 2 is 0.853 bits per heavy atom. The van der Waals surface area contributed by atoms with E-state index in [1.807, 2.05) is 5.32 Å². The molecule has 19 atom stereocenters. The number of aliphatic hydroxyl groups excluding tert-OH is 16. The zero-order valence-corrected chi connectivity index (χ0v) is 57.8. The number of amides is 5. The highest BCUT2D eigenvalue weighted by molar-refractivity contribution is 5.99. The zero-order chi connectivity index (χ0) is 83.6. The third kappa shape index (κ3) is 32.6. The number of fused-ring (bicyclic) bond motifs is 1. The molecule has 47 heteroatoms. The molecule has 2 aromatic heterocycles. The Bertz CT molecular complexity index is 3650. The predicted octanol–water partition coefficient (Wildman–Crippen LogP) is -12.3. The number of aliphatic hydroxyl groups is 16. The van der Waals surface area contributed by atoms with Gasteiger partial charge in [0.25, 0.3) is 11.5 Å². The summed E-state index contributed by atoms with van der Waals surface area (Å²) in [7, 11) is 0. The van der Waals surface area contributed by atoms with E-state index in [1.165, 1.54) is 18.3 Å². The van der Waals surface area contributed by atoms with Crippen LogP contribution in [0.5, 0.6) is 0 Å². The van der Waals surface area contributed by atoms with Crippen LogP contribution < -0.4 is 44.0 Å². The van der Waals surface area contributed by atoms with Gasteiger partial charge < -0.3 is 146 Å². The minimum atomic E-state index is -2.66. The third-order valence-corrected chi connectivity index (χ3v) is 16.0. The maximum atomic E-state index is 13.6. The number of hydrogen-bond donors (Lipinski definition) is 29. The molecule has 0 fully saturated rings. The summed E-state index contributed by atoms with van der Waals surface area (Å²) >= 11 is 0. The number of benzene rings is 1. The lowest BCUT2D eigenvalue weighted by Crippen LogP contribution is -2.55. The van der Waals surface area contributed by atoms with E-state index in [0.29, 0.717) is 11.4 Å². The number of H-pyrrole nitrogens is 1. The van der Waals surface area contributed by atoms with Crippen molar-refractivity contribution in [2.45, 2.75) is 175 Å². The minimum absolute atomic E-state index is 0.0159. The van der Waals surface area contributed by atoms with Crippen molar-refractivity contribution in [3.8, 4) is 0 Å². The second kappa shape index (κ2) is 47.6. The molecule has 0 aliphatic carbocycles. The Morgan fingerprint density at radius 3 is 1.24 bits per heavy atom. The van der Waals surface area contributed by atoms with Gasteiger partial charge in [-0.05, 0) is 30.7 Å². The fraction of sp³-hybridized carbons (Fsp3) is 0.581. The van der Waals surface area contributed by atoms with Crippen molar-refractivity contribution in [3.05, 3.63) is 52.1 Å². The van der Waals surface area contributed by atoms with E-state index >= 15 is 0 Å². The summed E-state index contributed by atoms with van der Waals surface area (Å²) in [5, 5.41) is 212. The van der Waals surface area contributed by atoms with Gasteiger partial charge in [-0.25, -0.2) is 14.8 Å².